The van der Waals surface area contributed by atoms with Crippen LogP contribution in [0.4, 0.5) is 0 Å². The third-order valence-corrected chi connectivity index (χ3v) is 7.47. The SMILES string of the molecule is CCCCC1CCC2CC(c3ccc(C#Cc4ccc(C)cc4)cc3)CCC2C1. The Balaban J connectivity index is 1.34. The molecule has 0 aliphatic heterocycles. The number of unbranched alkanes of at least 4 members (excludes halogenated alkanes) is 1. The summed E-state index contributed by atoms with van der Waals surface area (Å²) < 4.78 is 0. The Kier molecular flexibility index (Phi) is 6.76. The Morgan fingerprint density at radius 3 is 2.07 bits per heavy atom. The third-order valence-electron chi connectivity index (χ3n) is 7.47. The van der Waals surface area contributed by atoms with Crippen molar-refractivity contribution in [2.75, 3.05) is 0 Å². The molecule has 2 aliphatic rings. The second-order valence-corrected chi connectivity index (χ2v) is 9.59. The van der Waals surface area contributed by atoms with Gasteiger partial charge in [0.25, 0.3) is 0 Å². The molecule has 29 heavy (non-hydrogen) atoms. The van der Waals surface area contributed by atoms with Crippen molar-refractivity contribution in [3.8, 4) is 11.8 Å². The second kappa shape index (κ2) is 9.67. The zero-order valence-corrected chi connectivity index (χ0v) is 18.3. The molecule has 0 nitrogen and oxygen atoms in total. The molecule has 0 amide bonds. The minimum Gasteiger partial charge on any atom is -0.0654 e. The molecule has 4 atom stereocenters. The summed E-state index contributed by atoms with van der Waals surface area (Å²) in [7, 11) is 0. The summed E-state index contributed by atoms with van der Waals surface area (Å²) in [5, 5.41) is 0. The predicted molar refractivity (Wildman–Crippen MR) is 124 cm³/mol. The van der Waals surface area contributed by atoms with Gasteiger partial charge >= 0.3 is 0 Å². The van der Waals surface area contributed by atoms with Crippen LogP contribution in [0.2, 0.25) is 0 Å². The molecule has 4 rings (SSSR count). The summed E-state index contributed by atoms with van der Waals surface area (Å²) in [6, 6.07) is 17.6. The fourth-order valence-electron chi connectivity index (χ4n) is 5.66. The van der Waals surface area contributed by atoms with Crippen LogP contribution in [0.1, 0.15) is 92.9 Å². The van der Waals surface area contributed by atoms with Gasteiger partial charge in [-0.05, 0) is 92.5 Å². The van der Waals surface area contributed by atoms with Crippen molar-refractivity contribution < 1.29 is 0 Å². The molecule has 0 heteroatoms. The minimum atomic E-state index is 0.766. The summed E-state index contributed by atoms with van der Waals surface area (Å²) in [5.41, 5.74) is 5.04. The highest BCUT2D eigenvalue weighted by Gasteiger charge is 2.35. The van der Waals surface area contributed by atoms with Gasteiger partial charge in [0.2, 0.25) is 0 Å². The van der Waals surface area contributed by atoms with Gasteiger partial charge in [-0.25, -0.2) is 0 Å². The predicted octanol–water partition coefficient (Wildman–Crippen LogP) is 7.89. The minimum absolute atomic E-state index is 0.766. The molecule has 0 bridgehead atoms. The van der Waals surface area contributed by atoms with Crippen LogP contribution in [0.5, 0.6) is 0 Å². The van der Waals surface area contributed by atoms with Crippen molar-refractivity contribution in [3.63, 3.8) is 0 Å². The van der Waals surface area contributed by atoms with Crippen LogP contribution < -0.4 is 0 Å². The van der Waals surface area contributed by atoms with Crippen LogP contribution in [0.3, 0.4) is 0 Å². The fourth-order valence-corrected chi connectivity index (χ4v) is 5.66. The van der Waals surface area contributed by atoms with Gasteiger partial charge in [-0.1, -0.05) is 74.3 Å². The number of hydrogen-bond acceptors (Lipinski definition) is 0. The average molecular weight is 385 g/mol. The molecule has 2 fully saturated rings. The number of hydrogen-bond donors (Lipinski definition) is 0. The quantitative estimate of drug-likeness (QED) is 0.470. The molecular weight excluding hydrogens is 348 g/mol. The first-order chi connectivity index (χ1) is 14.2. The molecule has 0 saturated heterocycles. The van der Waals surface area contributed by atoms with Gasteiger partial charge < -0.3 is 0 Å². The number of fused-ring (bicyclic) bond motifs is 1. The van der Waals surface area contributed by atoms with E-state index in [1.165, 1.54) is 68.9 Å². The Hall–Kier alpha value is -2.00. The second-order valence-electron chi connectivity index (χ2n) is 9.59. The third kappa shape index (κ3) is 5.33. The van der Waals surface area contributed by atoms with Crippen molar-refractivity contribution >= 4 is 0 Å². The number of benzene rings is 2. The van der Waals surface area contributed by atoms with E-state index in [2.05, 4.69) is 74.2 Å². The smallest absolute Gasteiger partial charge is 0.0249 e. The molecule has 4 unspecified atom stereocenters. The zero-order valence-electron chi connectivity index (χ0n) is 18.3. The van der Waals surface area contributed by atoms with E-state index in [0.29, 0.717) is 0 Å². The molecular formula is C29H36. The van der Waals surface area contributed by atoms with Gasteiger partial charge in [-0.15, -0.1) is 0 Å². The van der Waals surface area contributed by atoms with Gasteiger partial charge in [-0.2, -0.15) is 0 Å². The van der Waals surface area contributed by atoms with E-state index in [9.17, 15) is 0 Å². The van der Waals surface area contributed by atoms with E-state index in [4.69, 9.17) is 0 Å². The van der Waals surface area contributed by atoms with Gasteiger partial charge in [0.1, 0.15) is 0 Å². The Morgan fingerprint density at radius 1 is 0.759 bits per heavy atom. The zero-order chi connectivity index (χ0) is 20.1. The maximum absolute atomic E-state index is 3.33. The van der Waals surface area contributed by atoms with Gasteiger partial charge in [0.15, 0.2) is 0 Å². The van der Waals surface area contributed by atoms with Crippen molar-refractivity contribution in [1.82, 2.24) is 0 Å². The Bertz CT molecular complexity index is 830. The number of rotatable bonds is 4. The highest BCUT2D eigenvalue weighted by atomic mass is 14.4. The van der Waals surface area contributed by atoms with Crippen LogP contribution in [0.15, 0.2) is 48.5 Å². The summed E-state index contributed by atoms with van der Waals surface area (Å²) in [5.74, 6) is 10.4. The molecule has 2 saturated carbocycles. The lowest BCUT2D eigenvalue weighted by Crippen LogP contribution is -2.30. The Morgan fingerprint density at radius 2 is 1.38 bits per heavy atom. The van der Waals surface area contributed by atoms with E-state index in [-0.39, 0.29) is 0 Å². The van der Waals surface area contributed by atoms with Crippen molar-refractivity contribution in [3.05, 3.63) is 70.8 Å². The first-order valence-electron chi connectivity index (χ1n) is 11.9. The summed E-state index contributed by atoms with van der Waals surface area (Å²) >= 11 is 0. The van der Waals surface area contributed by atoms with Gasteiger partial charge in [-0.3, -0.25) is 0 Å². The molecule has 0 aromatic heterocycles. The largest absolute Gasteiger partial charge is 0.0654 e. The van der Waals surface area contributed by atoms with E-state index >= 15 is 0 Å². The van der Waals surface area contributed by atoms with E-state index in [0.717, 1.165) is 34.8 Å². The lowest BCUT2D eigenvalue weighted by Gasteiger charge is -2.42. The molecule has 2 aliphatic carbocycles. The lowest BCUT2D eigenvalue weighted by molar-refractivity contribution is 0.113. The Labute approximate surface area is 178 Å². The summed E-state index contributed by atoms with van der Waals surface area (Å²) in [4.78, 5) is 0. The van der Waals surface area contributed by atoms with Gasteiger partial charge in [0.05, 0.1) is 0 Å². The van der Waals surface area contributed by atoms with Crippen LogP contribution in [-0.2, 0) is 0 Å². The molecule has 152 valence electrons. The summed E-state index contributed by atoms with van der Waals surface area (Å²) in [6.07, 6.45) is 13.0. The van der Waals surface area contributed by atoms with E-state index in [1.54, 1.807) is 0 Å². The summed E-state index contributed by atoms with van der Waals surface area (Å²) in [6.45, 7) is 4.44. The molecule has 0 spiro atoms. The molecule has 0 N–H and O–H groups in total. The maximum atomic E-state index is 3.33. The molecule has 2 aromatic rings. The van der Waals surface area contributed by atoms with Crippen LogP contribution >= 0.6 is 0 Å². The monoisotopic (exact) mass is 384 g/mol. The highest BCUT2D eigenvalue weighted by molar-refractivity contribution is 5.44. The van der Waals surface area contributed by atoms with Crippen LogP contribution in [-0.4, -0.2) is 0 Å². The standard InChI is InChI=1S/C29H36/c1-3-4-5-25-14-17-29-21-28(19-18-27(29)20-25)26-15-12-24(13-16-26)11-10-23-8-6-22(2)7-9-23/h6-9,12-13,15-16,25,27-29H,3-5,14,17-21H2,1-2H3. The fraction of sp³-hybridized carbons (Fsp3) is 0.517. The van der Waals surface area contributed by atoms with Crippen LogP contribution in [0.25, 0.3) is 0 Å². The van der Waals surface area contributed by atoms with Crippen molar-refractivity contribution in [1.29, 1.82) is 0 Å². The maximum Gasteiger partial charge on any atom is 0.0249 e. The number of aryl methyl sites for hydroxylation is 1. The van der Waals surface area contributed by atoms with E-state index in [1.807, 2.05) is 0 Å². The molecule has 0 heterocycles. The van der Waals surface area contributed by atoms with E-state index < -0.39 is 0 Å². The molecule has 0 radical (unpaired) electrons. The van der Waals surface area contributed by atoms with Gasteiger partial charge in [0, 0.05) is 11.1 Å². The van der Waals surface area contributed by atoms with Crippen LogP contribution in [0, 0.1) is 36.5 Å². The van der Waals surface area contributed by atoms with Crippen molar-refractivity contribution in [2.45, 2.75) is 77.6 Å². The lowest BCUT2D eigenvalue weighted by atomic mass is 9.63. The average Bonchev–Trinajstić information content (AvgIpc) is 2.77. The first-order valence-corrected chi connectivity index (χ1v) is 11.9. The highest BCUT2D eigenvalue weighted by Crippen LogP contribution is 2.48. The normalized spacial score (nSPS) is 26.3. The topological polar surface area (TPSA) is 0 Å². The molecule has 2 aromatic carbocycles. The van der Waals surface area contributed by atoms with Crippen molar-refractivity contribution in [2.24, 2.45) is 17.8 Å². The first kappa shape index (κ1) is 20.3.